The van der Waals surface area contributed by atoms with Crippen molar-refractivity contribution >= 4 is 102 Å². The Balaban J connectivity index is 1.32. The van der Waals surface area contributed by atoms with Gasteiger partial charge in [-0.15, -0.1) is 0 Å². The summed E-state index contributed by atoms with van der Waals surface area (Å²) in [5.41, 5.74) is 3.66. The van der Waals surface area contributed by atoms with E-state index in [0.29, 0.717) is 21.7 Å². The molecule has 4 aromatic rings. The lowest BCUT2D eigenvalue weighted by Gasteiger charge is -2.12. The lowest BCUT2D eigenvalue weighted by atomic mass is 10.1. The van der Waals surface area contributed by atoms with E-state index in [4.69, 9.17) is 16.3 Å². The molecule has 1 fully saturated rings. The van der Waals surface area contributed by atoms with Crippen LogP contribution in [0.1, 0.15) is 16.7 Å². The maximum atomic E-state index is 12.6. The van der Waals surface area contributed by atoms with Gasteiger partial charge in [0, 0.05) is 5.02 Å². The van der Waals surface area contributed by atoms with Crippen LogP contribution in [0.15, 0.2) is 82.7 Å². The minimum Gasteiger partial charge on any atom is -0.487 e. The van der Waals surface area contributed by atoms with Crippen LogP contribution >= 0.6 is 68.5 Å². The van der Waals surface area contributed by atoms with Gasteiger partial charge >= 0.3 is 0 Å². The molecule has 1 heterocycles. The van der Waals surface area contributed by atoms with Crippen molar-refractivity contribution in [1.82, 2.24) is 5.32 Å². The van der Waals surface area contributed by atoms with Crippen LogP contribution in [0.2, 0.25) is 5.02 Å². The van der Waals surface area contributed by atoms with Crippen molar-refractivity contribution in [3.05, 3.63) is 107 Å². The molecule has 0 radical (unpaired) electrons. The van der Waals surface area contributed by atoms with Crippen LogP contribution in [-0.2, 0) is 11.4 Å². The van der Waals surface area contributed by atoms with Crippen molar-refractivity contribution < 1.29 is 9.53 Å². The standard InChI is InChI=1S/C28H19ClI2N2O2S/c1-16-21(29)7-4-8-24(16)32-28-33-27(34)25(36-28)14-18-12-22(30)26(23(31)13-18)35-15-17-9-10-19-5-2-3-6-20(19)11-17/h2-14H,15H2,1H3,(H,32,33,34)/b25-14+. The first-order valence-corrected chi connectivity index (χ1v) is 14.4. The highest BCUT2D eigenvalue weighted by Crippen LogP contribution is 2.34. The number of hydrogen-bond donors (Lipinski definition) is 1. The molecule has 0 unspecified atom stereocenters. The highest BCUT2D eigenvalue weighted by atomic mass is 127. The largest absolute Gasteiger partial charge is 0.487 e. The van der Waals surface area contributed by atoms with Gasteiger partial charge in [0.2, 0.25) is 0 Å². The van der Waals surface area contributed by atoms with Gasteiger partial charge in [-0.25, -0.2) is 4.99 Å². The Hall–Kier alpha value is -2.08. The molecule has 4 aromatic carbocycles. The van der Waals surface area contributed by atoms with E-state index in [-0.39, 0.29) is 5.91 Å². The van der Waals surface area contributed by atoms with Gasteiger partial charge in [-0.1, -0.05) is 54.1 Å². The first-order valence-electron chi connectivity index (χ1n) is 11.0. The molecule has 0 atom stereocenters. The van der Waals surface area contributed by atoms with Gasteiger partial charge in [0.15, 0.2) is 5.17 Å². The maximum absolute atomic E-state index is 12.6. The van der Waals surface area contributed by atoms with Crippen LogP contribution in [0.4, 0.5) is 5.69 Å². The molecule has 0 spiro atoms. The van der Waals surface area contributed by atoms with Crippen LogP contribution in [0.3, 0.4) is 0 Å². The second-order valence-corrected chi connectivity index (χ2v) is 11.9. The van der Waals surface area contributed by atoms with E-state index < -0.39 is 0 Å². The summed E-state index contributed by atoms with van der Waals surface area (Å²) < 4.78 is 8.17. The van der Waals surface area contributed by atoms with Crippen molar-refractivity contribution in [1.29, 1.82) is 0 Å². The molecule has 1 aliphatic heterocycles. The number of halogens is 3. The van der Waals surface area contributed by atoms with Gasteiger partial charge in [0.05, 0.1) is 17.7 Å². The molecule has 180 valence electrons. The summed E-state index contributed by atoms with van der Waals surface area (Å²) in [6.07, 6.45) is 1.88. The molecule has 36 heavy (non-hydrogen) atoms. The van der Waals surface area contributed by atoms with E-state index in [0.717, 1.165) is 35.3 Å². The van der Waals surface area contributed by atoms with Gasteiger partial charge in [0.25, 0.3) is 5.91 Å². The number of thioether (sulfide) groups is 1. The number of nitrogens with one attached hydrogen (secondary N) is 1. The van der Waals surface area contributed by atoms with Crippen LogP contribution in [0, 0.1) is 14.1 Å². The van der Waals surface area contributed by atoms with Crippen LogP contribution in [-0.4, -0.2) is 11.1 Å². The first-order chi connectivity index (χ1) is 17.4. The van der Waals surface area contributed by atoms with Crippen molar-refractivity contribution in [2.75, 3.05) is 0 Å². The number of carbonyl (C=O) groups is 1. The third-order valence-electron chi connectivity index (χ3n) is 5.63. The van der Waals surface area contributed by atoms with E-state index in [2.05, 4.69) is 85.8 Å². The molecule has 1 aliphatic rings. The molecule has 1 saturated heterocycles. The third kappa shape index (κ3) is 5.74. The molecule has 4 nitrogen and oxygen atoms in total. The first kappa shape index (κ1) is 25.6. The van der Waals surface area contributed by atoms with E-state index in [1.807, 2.05) is 55.5 Å². The number of hydrogen-bond acceptors (Lipinski definition) is 4. The molecular formula is C28H19ClI2N2O2S. The summed E-state index contributed by atoms with van der Waals surface area (Å²) in [4.78, 5) is 17.8. The molecule has 8 heteroatoms. The molecule has 5 rings (SSSR count). The molecule has 0 bridgehead atoms. The smallest absolute Gasteiger partial charge is 0.264 e. The number of aliphatic imine (C=N–C) groups is 1. The van der Waals surface area contributed by atoms with Crippen LogP contribution in [0.25, 0.3) is 16.8 Å². The van der Waals surface area contributed by atoms with E-state index in [1.165, 1.54) is 22.5 Å². The van der Waals surface area contributed by atoms with E-state index in [9.17, 15) is 4.79 Å². The second-order valence-electron chi connectivity index (χ2n) is 8.15. The fourth-order valence-electron chi connectivity index (χ4n) is 3.74. The topological polar surface area (TPSA) is 50.7 Å². The minimum absolute atomic E-state index is 0.167. The monoisotopic (exact) mass is 736 g/mol. The van der Waals surface area contributed by atoms with Crippen LogP contribution in [0.5, 0.6) is 5.75 Å². The predicted octanol–water partition coefficient (Wildman–Crippen LogP) is 8.48. The van der Waals surface area contributed by atoms with E-state index >= 15 is 0 Å². The van der Waals surface area contributed by atoms with Crippen LogP contribution < -0.4 is 10.1 Å². The maximum Gasteiger partial charge on any atom is 0.264 e. The summed E-state index contributed by atoms with van der Waals surface area (Å²) in [5.74, 6) is 0.675. The third-order valence-corrected chi connectivity index (χ3v) is 8.55. The molecular weight excluding hydrogens is 718 g/mol. The molecule has 0 aliphatic carbocycles. The van der Waals surface area contributed by atoms with Crippen molar-refractivity contribution in [2.24, 2.45) is 4.99 Å². The zero-order valence-corrected chi connectivity index (χ0v) is 24.9. The Morgan fingerprint density at radius 1 is 1.00 bits per heavy atom. The Kier molecular flexibility index (Phi) is 7.90. The number of nitrogens with zero attached hydrogens (tertiary/aromatic N) is 1. The van der Waals surface area contributed by atoms with Crippen molar-refractivity contribution in [3.8, 4) is 5.75 Å². The van der Waals surface area contributed by atoms with E-state index in [1.54, 1.807) is 0 Å². The summed E-state index contributed by atoms with van der Waals surface area (Å²) in [5, 5.41) is 6.45. The second kappa shape index (κ2) is 11.1. The highest BCUT2D eigenvalue weighted by Gasteiger charge is 2.24. The lowest BCUT2D eigenvalue weighted by molar-refractivity contribution is -0.115. The van der Waals surface area contributed by atoms with Gasteiger partial charge in [-0.05, 0) is 128 Å². The SMILES string of the molecule is Cc1c(Cl)cccc1N=C1NC(=O)/C(=C\c2cc(I)c(OCc3ccc4ccccc4c3)c(I)c2)S1. The number of carbonyl (C=O) groups excluding carboxylic acids is 1. The summed E-state index contributed by atoms with van der Waals surface area (Å²) >= 11 is 12.1. The molecule has 0 aromatic heterocycles. The van der Waals surface area contributed by atoms with Gasteiger partial charge in [-0.2, -0.15) is 0 Å². The Labute approximate surface area is 245 Å². The van der Waals surface area contributed by atoms with Gasteiger partial charge in [-0.3, -0.25) is 4.79 Å². The number of amidine groups is 1. The minimum atomic E-state index is -0.167. The number of fused-ring (bicyclic) bond motifs is 1. The fraction of sp³-hybridized carbons (Fsp3) is 0.0714. The Morgan fingerprint density at radius 3 is 2.53 bits per heavy atom. The normalized spacial score (nSPS) is 15.6. The Morgan fingerprint density at radius 2 is 1.75 bits per heavy atom. The number of benzene rings is 4. The summed E-state index contributed by atoms with van der Waals surface area (Å²) in [6, 6.07) is 24.3. The lowest BCUT2D eigenvalue weighted by Crippen LogP contribution is -2.19. The summed E-state index contributed by atoms with van der Waals surface area (Å²) in [7, 11) is 0. The predicted molar refractivity (Wildman–Crippen MR) is 167 cm³/mol. The molecule has 1 N–H and O–H groups in total. The summed E-state index contributed by atoms with van der Waals surface area (Å²) in [6.45, 7) is 2.39. The zero-order chi connectivity index (χ0) is 25.2. The van der Waals surface area contributed by atoms with Gasteiger partial charge < -0.3 is 10.1 Å². The number of rotatable bonds is 5. The average Bonchev–Trinajstić information content (AvgIpc) is 3.19. The average molecular weight is 737 g/mol. The van der Waals surface area contributed by atoms with Crippen molar-refractivity contribution in [2.45, 2.75) is 13.5 Å². The number of amides is 1. The molecule has 0 saturated carbocycles. The highest BCUT2D eigenvalue weighted by molar-refractivity contribution is 14.1. The van der Waals surface area contributed by atoms with Crippen molar-refractivity contribution in [3.63, 3.8) is 0 Å². The zero-order valence-electron chi connectivity index (χ0n) is 19.0. The van der Waals surface area contributed by atoms with Gasteiger partial charge in [0.1, 0.15) is 12.4 Å². The quantitative estimate of drug-likeness (QED) is 0.165. The fourth-order valence-corrected chi connectivity index (χ4v) is 6.88. The Bertz CT molecular complexity index is 1550. The number of ether oxygens (including phenoxy) is 1. The molecule has 1 amide bonds.